The largest absolute Gasteiger partial charge is 0.466 e. The van der Waals surface area contributed by atoms with Gasteiger partial charge in [0.1, 0.15) is 0 Å². The van der Waals surface area contributed by atoms with Crippen LogP contribution in [0, 0.1) is 0 Å². The number of hydrazone groups is 1. The molecule has 1 aromatic carbocycles. The normalized spacial score (nSPS) is 13.5. The maximum absolute atomic E-state index is 11.8. The van der Waals surface area contributed by atoms with E-state index < -0.39 is 0 Å². The quantitative estimate of drug-likeness (QED) is 0.626. The fraction of sp³-hybridized carbons (Fsp3) is 0.438. The van der Waals surface area contributed by atoms with Gasteiger partial charge in [-0.2, -0.15) is 0 Å². The van der Waals surface area contributed by atoms with Gasteiger partial charge in [0.25, 0.3) is 5.91 Å². The van der Waals surface area contributed by atoms with Crippen molar-refractivity contribution < 1.29 is 19.1 Å². The second-order valence-electron chi connectivity index (χ2n) is 5.10. The summed E-state index contributed by atoms with van der Waals surface area (Å²) in [6.07, 6.45) is 1.79. The van der Waals surface area contributed by atoms with Crippen molar-refractivity contribution in [3.05, 3.63) is 29.8 Å². The van der Waals surface area contributed by atoms with E-state index in [0.29, 0.717) is 31.3 Å². The predicted octanol–water partition coefficient (Wildman–Crippen LogP) is 1.43. The van der Waals surface area contributed by atoms with Gasteiger partial charge < -0.3 is 20.1 Å². The lowest BCUT2D eigenvalue weighted by Crippen LogP contribution is -2.32. The van der Waals surface area contributed by atoms with Crippen LogP contribution >= 0.6 is 0 Å². The molecule has 0 bridgehead atoms. The minimum Gasteiger partial charge on any atom is -0.466 e. The van der Waals surface area contributed by atoms with Crippen LogP contribution in [0.15, 0.2) is 29.4 Å². The highest BCUT2D eigenvalue weighted by molar-refractivity contribution is 5.98. The van der Waals surface area contributed by atoms with Crippen LogP contribution in [0.5, 0.6) is 0 Å². The molecule has 0 radical (unpaired) electrons. The fourth-order valence-electron chi connectivity index (χ4n) is 2.01. The zero-order valence-corrected chi connectivity index (χ0v) is 13.6. The molecule has 0 aliphatic carbocycles. The van der Waals surface area contributed by atoms with Crippen LogP contribution in [0.2, 0.25) is 0 Å². The van der Waals surface area contributed by atoms with Crippen LogP contribution in [0.3, 0.4) is 0 Å². The molecule has 0 unspecified atom stereocenters. The highest BCUT2D eigenvalue weighted by Crippen LogP contribution is 2.11. The summed E-state index contributed by atoms with van der Waals surface area (Å²) in [5.41, 5.74) is 3.73. The number of unbranched alkanes of at least 4 members (excludes halogenated alkanes) is 1. The van der Waals surface area contributed by atoms with Gasteiger partial charge in [0.05, 0.1) is 0 Å². The molecule has 1 heterocycles. The van der Waals surface area contributed by atoms with Gasteiger partial charge in [-0.25, -0.2) is 10.2 Å². The number of carbonyl (C=O) groups excluding carboxylic acids is 2. The molecule has 0 fully saturated rings. The molecule has 8 nitrogen and oxygen atoms in total. The Hall–Kier alpha value is -2.61. The number of amides is 3. The minimum absolute atomic E-state index is 0.0511. The monoisotopic (exact) mass is 334 g/mol. The molecule has 24 heavy (non-hydrogen) atoms. The number of anilines is 1. The second-order valence-corrected chi connectivity index (χ2v) is 5.10. The summed E-state index contributed by atoms with van der Waals surface area (Å²) >= 11 is 0. The Bertz CT molecular complexity index is 586. The third kappa shape index (κ3) is 5.88. The van der Waals surface area contributed by atoms with Crippen LogP contribution in [0.4, 0.5) is 10.5 Å². The molecule has 1 aromatic rings. The van der Waals surface area contributed by atoms with Crippen molar-refractivity contribution in [1.29, 1.82) is 0 Å². The summed E-state index contributed by atoms with van der Waals surface area (Å²) in [7, 11) is 0. The minimum atomic E-state index is -0.282. The third-order valence-corrected chi connectivity index (χ3v) is 3.22. The van der Waals surface area contributed by atoms with Crippen LogP contribution in [-0.2, 0) is 14.3 Å². The number of hydrogen-bond donors (Lipinski definition) is 3. The number of nitrogens with one attached hydrogen (secondary N) is 3. The Labute approximate surface area is 140 Å². The zero-order chi connectivity index (χ0) is 17.2. The Morgan fingerprint density at radius 1 is 1.33 bits per heavy atom. The standard InChI is InChI=1S/C16H22N4O4/c1-2-23-10-4-3-9-17-16(22)18-13-7-5-12(6-8-13)15-20-19-14(21)11-24-15/h5-8H,2-4,9-11H2,1H3,(H,19,21)(H2,17,18,22). The van der Waals surface area contributed by atoms with Crippen molar-refractivity contribution in [2.45, 2.75) is 19.8 Å². The summed E-state index contributed by atoms with van der Waals surface area (Å²) in [6, 6.07) is 6.75. The molecule has 0 saturated heterocycles. The zero-order valence-electron chi connectivity index (χ0n) is 13.6. The van der Waals surface area contributed by atoms with Crippen LogP contribution in [0.25, 0.3) is 0 Å². The number of rotatable bonds is 8. The van der Waals surface area contributed by atoms with Gasteiger partial charge in [-0.15, -0.1) is 5.10 Å². The van der Waals surface area contributed by atoms with E-state index in [-0.39, 0.29) is 18.5 Å². The van der Waals surface area contributed by atoms with Gasteiger partial charge >= 0.3 is 6.03 Å². The molecular formula is C16H22N4O4. The van der Waals surface area contributed by atoms with Gasteiger partial charge in [-0.05, 0) is 44.0 Å². The summed E-state index contributed by atoms with van der Waals surface area (Å²) in [5.74, 6) is 0.0647. The maximum Gasteiger partial charge on any atom is 0.319 e. The molecule has 1 aliphatic rings. The fourth-order valence-corrected chi connectivity index (χ4v) is 2.01. The third-order valence-electron chi connectivity index (χ3n) is 3.22. The smallest absolute Gasteiger partial charge is 0.319 e. The van der Waals surface area contributed by atoms with Gasteiger partial charge in [0, 0.05) is 31.0 Å². The number of hydrogen-bond acceptors (Lipinski definition) is 5. The van der Waals surface area contributed by atoms with Crippen molar-refractivity contribution in [1.82, 2.24) is 10.7 Å². The molecule has 0 saturated carbocycles. The molecule has 8 heteroatoms. The van der Waals surface area contributed by atoms with Crippen molar-refractivity contribution in [3.63, 3.8) is 0 Å². The highest BCUT2D eigenvalue weighted by Gasteiger charge is 2.14. The Kier molecular flexibility index (Phi) is 7.03. The first-order valence-electron chi connectivity index (χ1n) is 7.91. The number of benzene rings is 1. The second kappa shape index (κ2) is 9.51. The lowest BCUT2D eigenvalue weighted by atomic mass is 10.2. The molecule has 3 N–H and O–H groups in total. The molecule has 0 aromatic heterocycles. The van der Waals surface area contributed by atoms with Crippen LogP contribution in [-0.4, -0.2) is 44.2 Å². The number of nitrogens with zero attached hydrogens (tertiary/aromatic N) is 1. The van der Waals surface area contributed by atoms with Crippen LogP contribution in [0.1, 0.15) is 25.3 Å². The Morgan fingerprint density at radius 3 is 2.79 bits per heavy atom. The molecule has 130 valence electrons. The maximum atomic E-state index is 11.8. The van der Waals surface area contributed by atoms with Crippen molar-refractivity contribution in [2.75, 3.05) is 31.7 Å². The van der Waals surface area contributed by atoms with E-state index in [1.807, 2.05) is 6.92 Å². The summed E-state index contributed by atoms with van der Waals surface area (Å²) in [4.78, 5) is 22.7. The summed E-state index contributed by atoms with van der Waals surface area (Å²) < 4.78 is 10.5. The summed E-state index contributed by atoms with van der Waals surface area (Å²) in [6.45, 7) is 3.94. The van der Waals surface area contributed by atoms with Gasteiger partial charge in [0.2, 0.25) is 5.90 Å². The number of urea groups is 1. The van der Waals surface area contributed by atoms with E-state index >= 15 is 0 Å². The lowest BCUT2D eigenvalue weighted by molar-refractivity contribution is -0.124. The average Bonchev–Trinajstić information content (AvgIpc) is 2.59. The van der Waals surface area contributed by atoms with Crippen molar-refractivity contribution >= 4 is 23.5 Å². The molecule has 0 atom stereocenters. The average molecular weight is 334 g/mol. The van der Waals surface area contributed by atoms with Gasteiger partial charge in [-0.3, -0.25) is 4.79 Å². The van der Waals surface area contributed by atoms with Gasteiger partial charge in [-0.1, -0.05) is 0 Å². The van der Waals surface area contributed by atoms with E-state index in [4.69, 9.17) is 9.47 Å². The van der Waals surface area contributed by atoms with E-state index in [2.05, 4.69) is 21.2 Å². The first-order chi connectivity index (χ1) is 11.7. The van der Waals surface area contributed by atoms with E-state index in [1.165, 1.54) is 0 Å². The van der Waals surface area contributed by atoms with Crippen molar-refractivity contribution in [2.24, 2.45) is 5.10 Å². The van der Waals surface area contributed by atoms with E-state index in [0.717, 1.165) is 18.4 Å². The molecular weight excluding hydrogens is 312 g/mol. The SMILES string of the molecule is CCOCCCCNC(=O)Nc1ccc(C2=NNC(=O)CO2)cc1. The molecule has 0 spiro atoms. The number of carbonyl (C=O) groups is 2. The summed E-state index contributed by atoms with van der Waals surface area (Å²) in [5, 5.41) is 9.37. The van der Waals surface area contributed by atoms with E-state index in [1.54, 1.807) is 24.3 Å². The number of ether oxygens (including phenoxy) is 2. The topological polar surface area (TPSA) is 101 Å². The lowest BCUT2D eigenvalue weighted by Gasteiger charge is -2.14. The predicted molar refractivity (Wildman–Crippen MR) is 89.8 cm³/mol. The Morgan fingerprint density at radius 2 is 2.12 bits per heavy atom. The Balaban J connectivity index is 1.73. The molecule has 1 aliphatic heterocycles. The molecule has 3 amide bonds. The molecule has 2 rings (SSSR count). The first-order valence-corrected chi connectivity index (χ1v) is 7.91. The van der Waals surface area contributed by atoms with Crippen LogP contribution < -0.4 is 16.1 Å². The van der Waals surface area contributed by atoms with Crippen molar-refractivity contribution in [3.8, 4) is 0 Å². The van der Waals surface area contributed by atoms with Gasteiger partial charge in [0.15, 0.2) is 6.61 Å². The van der Waals surface area contributed by atoms with E-state index in [9.17, 15) is 9.59 Å². The highest BCUT2D eigenvalue weighted by atomic mass is 16.5. The first kappa shape index (κ1) is 17.7.